The second-order valence-electron chi connectivity index (χ2n) is 4.79. The summed E-state index contributed by atoms with van der Waals surface area (Å²) < 4.78 is 7.54. The van der Waals surface area contributed by atoms with Crippen LogP contribution in [0.1, 0.15) is 35.7 Å². The van der Waals surface area contributed by atoms with Crippen molar-refractivity contribution in [1.29, 1.82) is 0 Å². The third kappa shape index (κ3) is 2.18. The Labute approximate surface area is 106 Å². The van der Waals surface area contributed by atoms with Gasteiger partial charge in [-0.25, -0.2) is 4.98 Å². The third-order valence-corrected chi connectivity index (χ3v) is 3.40. The zero-order chi connectivity index (χ0) is 12.4. The van der Waals surface area contributed by atoms with Crippen LogP contribution in [0.5, 0.6) is 0 Å². The lowest BCUT2D eigenvalue weighted by atomic mass is 10.0. The van der Waals surface area contributed by atoms with Crippen molar-refractivity contribution in [3.63, 3.8) is 0 Å². The number of fused-ring (bicyclic) bond motifs is 1. The number of hydrogen-bond acceptors (Lipinski definition) is 4. The van der Waals surface area contributed by atoms with Crippen LogP contribution in [-0.2, 0) is 25.9 Å². The van der Waals surface area contributed by atoms with Gasteiger partial charge in [-0.3, -0.25) is 0 Å². The molecule has 0 unspecified atom stereocenters. The van der Waals surface area contributed by atoms with Crippen LogP contribution in [0.4, 0.5) is 0 Å². The average Bonchev–Trinajstić information content (AvgIpc) is 2.99. The predicted octanol–water partition coefficient (Wildman–Crippen LogP) is 1.52. The summed E-state index contributed by atoms with van der Waals surface area (Å²) in [5.74, 6) is 0.894. The molecule has 0 bridgehead atoms. The van der Waals surface area contributed by atoms with E-state index in [1.54, 1.807) is 0 Å². The van der Waals surface area contributed by atoms with Crippen LogP contribution in [0.15, 0.2) is 16.9 Å². The molecule has 0 radical (unpaired) electrons. The second kappa shape index (κ2) is 4.94. The molecular weight excluding hydrogens is 228 g/mol. The van der Waals surface area contributed by atoms with Gasteiger partial charge in [0.2, 0.25) is 0 Å². The predicted molar refractivity (Wildman–Crippen MR) is 67.2 cm³/mol. The van der Waals surface area contributed by atoms with Gasteiger partial charge in [0, 0.05) is 18.3 Å². The number of imidazole rings is 1. The SMILES string of the molecule is CNCc1cc(Cn2cnc3c2CCCC3)on1. The van der Waals surface area contributed by atoms with Gasteiger partial charge in [-0.05, 0) is 32.7 Å². The maximum Gasteiger partial charge on any atom is 0.156 e. The molecule has 0 spiro atoms. The van der Waals surface area contributed by atoms with E-state index in [2.05, 4.69) is 20.0 Å². The minimum atomic E-state index is 0.735. The molecule has 0 aromatic carbocycles. The molecule has 0 fully saturated rings. The maximum atomic E-state index is 5.34. The number of rotatable bonds is 4. The molecule has 5 nitrogen and oxygen atoms in total. The van der Waals surface area contributed by atoms with E-state index in [9.17, 15) is 0 Å². The lowest BCUT2D eigenvalue weighted by molar-refractivity contribution is 0.368. The van der Waals surface area contributed by atoms with E-state index < -0.39 is 0 Å². The zero-order valence-electron chi connectivity index (χ0n) is 10.6. The zero-order valence-corrected chi connectivity index (χ0v) is 10.6. The van der Waals surface area contributed by atoms with E-state index in [1.165, 1.54) is 24.2 Å². The molecule has 0 amide bonds. The molecule has 0 saturated heterocycles. The molecule has 1 N–H and O–H groups in total. The highest BCUT2D eigenvalue weighted by Gasteiger charge is 2.16. The quantitative estimate of drug-likeness (QED) is 0.888. The molecule has 0 atom stereocenters. The van der Waals surface area contributed by atoms with Crippen LogP contribution in [0.2, 0.25) is 0 Å². The van der Waals surface area contributed by atoms with Gasteiger partial charge in [0.25, 0.3) is 0 Å². The first-order valence-corrected chi connectivity index (χ1v) is 6.49. The Morgan fingerprint density at radius 3 is 3.17 bits per heavy atom. The number of nitrogens with one attached hydrogen (secondary N) is 1. The van der Waals surface area contributed by atoms with E-state index in [0.29, 0.717) is 0 Å². The summed E-state index contributed by atoms with van der Waals surface area (Å²) in [5.41, 5.74) is 3.57. The Balaban J connectivity index is 1.77. The van der Waals surface area contributed by atoms with E-state index in [1.807, 2.05) is 19.4 Å². The summed E-state index contributed by atoms with van der Waals surface area (Å²) in [6.07, 6.45) is 6.70. The summed E-state index contributed by atoms with van der Waals surface area (Å²) in [5, 5.41) is 7.09. The molecule has 2 aromatic heterocycles. The highest BCUT2D eigenvalue weighted by Crippen LogP contribution is 2.20. The summed E-state index contributed by atoms with van der Waals surface area (Å²) in [4.78, 5) is 4.48. The van der Waals surface area contributed by atoms with E-state index in [0.717, 1.165) is 37.4 Å². The Bertz CT molecular complexity index is 529. The minimum absolute atomic E-state index is 0.735. The van der Waals surface area contributed by atoms with Gasteiger partial charge >= 0.3 is 0 Å². The van der Waals surface area contributed by atoms with Crippen molar-refractivity contribution in [1.82, 2.24) is 20.0 Å². The summed E-state index contributed by atoms with van der Waals surface area (Å²) in [6.45, 7) is 1.48. The Kier molecular flexibility index (Phi) is 3.15. The third-order valence-electron chi connectivity index (χ3n) is 3.40. The standard InChI is InChI=1S/C13H18N4O/c1-14-7-10-6-11(18-16-10)8-17-9-15-12-4-2-3-5-13(12)17/h6,9,14H,2-5,7-8H2,1H3. The van der Waals surface area contributed by atoms with Gasteiger partial charge in [-0.15, -0.1) is 0 Å². The average molecular weight is 246 g/mol. The monoisotopic (exact) mass is 246 g/mol. The first-order chi connectivity index (χ1) is 8.86. The first kappa shape index (κ1) is 11.5. The van der Waals surface area contributed by atoms with Crippen LogP contribution < -0.4 is 5.32 Å². The first-order valence-electron chi connectivity index (χ1n) is 6.49. The number of nitrogens with zero attached hydrogens (tertiary/aromatic N) is 3. The molecule has 0 aliphatic heterocycles. The number of aromatic nitrogens is 3. The van der Waals surface area contributed by atoms with Crippen molar-refractivity contribution >= 4 is 0 Å². The van der Waals surface area contributed by atoms with Gasteiger partial charge in [-0.1, -0.05) is 5.16 Å². The van der Waals surface area contributed by atoms with Crippen molar-refractivity contribution in [3.05, 3.63) is 35.2 Å². The van der Waals surface area contributed by atoms with Crippen molar-refractivity contribution in [2.45, 2.75) is 38.8 Å². The summed E-state index contributed by atoms with van der Waals surface area (Å²) in [7, 11) is 1.90. The fraction of sp³-hybridized carbons (Fsp3) is 0.538. The summed E-state index contributed by atoms with van der Waals surface area (Å²) in [6, 6.07) is 2.01. The van der Waals surface area contributed by atoms with Crippen molar-refractivity contribution in [3.8, 4) is 0 Å². The molecule has 96 valence electrons. The molecule has 3 rings (SSSR count). The van der Waals surface area contributed by atoms with E-state index in [4.69, 9.17) is 4.52 Å². The smallest absolute Gasteiger partial charge is 0.156 e. The van der Waals surface area contributed by atoms with Crippen molar-refractivity contribution in [2.75, 3.05) is 7.05 Å². The van der Waals surface area contributed by atoms with Crippen LogP contribution in [0, 0.1) is 0 Å². The fourth-order valence-corrected chi connectivity index (χ4v) is 2.53. The van der Waals surface area contributed by atoms with Crippen molar-refractivity contribution in [2.24, 2.45) is 0 Å². The molecule has 2 aromatic rings. The van der Waals surface area contributed by atoms with Crippen LogP contribution in [-0.4, -0.2) is 21.8 Å². The lowest BCUT2D eigenvalue weighted by Gasteiger charge is -2.12. The minimum Gasteiger partial charge on any atom is -0.359 e. The maximum absolute atomic E-state index is 5.34. The Morgan fingerprint density at radius 2 is 2.28 bits per heavy atom. The van der Waals surface area contributed by atoms with Gasteiger partial charge < -0.3 is 14.4 Å². The molecule has 1 aliphatic carbocycles. The largest absolute Gasteiger partial charge is 0.359 e. The Morgan fingerprint density at radius 1 is 1.39 bits per heavy atom. The van der Waals surface area contributed by atoms with E-state index in [-0.39, 0.29) is 0 Å². The van der Waals surface area contributed by atoms with Crippen molar-refractivity contribution < 1.29 is 4.52 Å². The molecular formula is C13H18N4O. The van der Waals surface area contributed by atoms with Crippen LogP contribution in [0.3, 0.4) is 0 Å². The van der Waals surface area contributed by atoms with Crippen LogP contribution >= 0.6 is 0 Å². The summed E-state index contributed by atoms with van der Waals surface area (Å²) >= 11 is 0. The molecule has 1 aliphatic rings. The lowest BCUT2D eigenvalue weighted by Crippen LogP contribution is -2.08. The van der Waals surface area contributed by atoms with Gasteiger partial charge in [-0.2, -0.15) is 0 Å². The molecule has 18 heavy (non-hydrogen) atoms. The van der Waals surface area contributed by atoms with Gasteiger partial charge in [0.15, 0.2) is 5.76 Å². The fourth-order valence-electron chi connectivity index (χ4n) is 2.53. The molecule has 2 heterocycles. The second-order valence-corrected chi connectivity index (χ2v) is 4.79. The number of aryl methyl sites for hydroxylation is 1. The molecule has 0 saturated carbocycles. The van der Waals surface area contributed by atoms with E-state index >= 15 is 0 Å². The highest BCUT2D eigenvalue weighted by atomic mass is 16.5. The van der Waals surface area contributed by atoms with Crippen LogP contribution in [0.25, 0.3) is 0 Å². The normalized spacial score (nSPS) is 14.7. The van der Waals surface area contributed by atoms with Gasteiger partial charge in [0.05, 0.1) is 24.3 Å². The molecule has 5 heteroatoms. The Hall–Kier alpha value is -1.62. The number of hydrogen-bond donors (Lipinski definition) is 1. The topological polar surface area (TPSA) is 55.9 Å². The van der Waals surface area contributed by atoms with Gasteiger partial charge in [0.1, 0.15) is 0 Å². The highest BCUT2D eigenvalue weighted by molar-refractivity contribution is 5.18.